The summed E-state index contributed by atoms with van der Waals surface area (Å²) in [7, 11) is 0. The van der Waals surface area contributed by atoms with E-state index in [1.54, 1.807) is 18.3 Å². The molecule has 0 bridgehead atoms. The number of amidine groups is 1. The van der Waals surface area contributed by atoms with Crippen molar-refractivity contribution in [1.82, 2.24) is 10.3 Å². The van der Waals surface area contributed by atoms with Crippen LogP contribution in [0.15, 0.2) is 52.2 Å². The minimum atomic E-state index is -0.757. The van der Waals surface area contributed by atoms with Crippen LogP contribution in [0.3, 0.4) is 0 Å². The molecule has 124 valence electrons. The smallest absolute Gasteiger partial charge is 0.246 e. The zero-order valence-electron chi connectivity index (χ0n) is 13.1. The van der Waals surface area contributed by atoms with Crippen molar-refractivity contribution in [3.63, 3.8) is 0 Å². The maximum atomic E-state index is 13.0. The van der Waals surface area contributed by atoms with Crippen LogP contribution in [0.25, 0.3) is 0 Å². The molecule has 1 aromatic heterocycles. The van der Waals surface area contributed by atoms with Crippen LogP contribution in [0.2, 0.25) is 0 Å². The van der Waals surface area contributed by atoms with Gasteiger partial charge in [0.2, 0.25) is 5.91 Å². The fourth-order valence-corrected chi connectivity index (χ4v) is 3.92. The second-order valence-corrected chi connectivity index (χ2v) is 7.84. The maximum absolute atomic E-state index is 13.0. The third kappa shape index (κ3) is 3.37. The van der Waals surface area contributed by atoms with E-state index >= 15 is 0 Å². The first-order valence-electron chi connectivity index (χ1n) is 7.34. The first-order chi connectivity index (χ1) is 11.4. The lowest BCUT2D eigenvalue weighted by Gasteiger charge is -2.19. The molecule has 2 atom stereocenters. The molecule has 1 aliphatic heterocycles. The fraction of sp³-hybridized carbons (Fsp3) is 0.235. The molecule has 1 aliphatic rings. The van der Waals surface area contributed by atoms with Crippen molar-refractivity contribution in [2.24, 2.45) is 4.99 Å². The summed E-state index contributed by atoms with van der Waals surface area (Å²) in [5.74, 6) is -0.395. The highest BCUT2D eigenvalue weighted by atomic mass is 79.9. The van der Waals surface area contributed by atoms with Crippen LogP contribution in [-0.2, 0) is 9.54 Å². The second-order valence-electron chi connectivity index (χ2n) is 5.62. The Morgan fingerprint density at radius 2 is 2.04 bits per heavy atom. The molecule has 0 aliphatic carbocycles. The summed E-state index contributed by atoms with van der Waals surface area (Å²) in [5, 5.41) is 3.40. The summed E-state index contributed by atoms with van der Waals surface area (Å²) >= 11 is 4.71. The lowest BCUT2D eigenvalue weighted by molar-refractivity contribution is -0.121. The third-order valence-corrected chi connectivity index (χ3v) is 5.56. The first kappa shape index (κ1) is 17.1. The molecule has 2 heterocycles. The number of nitrogens with zero attached hydrogens (tertiary/aromatic N) is 2. The minimum absolute atomic E-state index is 0.115. The van der Waals surface area contributed by atoms with Crippen molar-refractivity contribution >= 4 is 38.8 Å². The Bertz CT molecular complexity index is 812. The van der Waals surface area contributed by atoms with Crippen LogP contribution in [0.5, 0.6) is 0 Å². The molecule has 0 radical (unpaired) electrons. The molecule has 1 saturated heterocycles. The van der Waals surface area contributed by atoms with E-state index in [-0.39, 0.29) is 17.8 Å². The standard InChI is InChI=1S/C17H15BrFN3OS/c1-10(11-3-5-13(19)6-4-11)21-16-22-15(23)17(2,24-16)12-7-8-20-14(18)9-12/h3-10H,1-2H3,(H,21,22,23)/t10-,17?/m0/s1. The summed E-state index contributed by atoms with van der Waals surface area (Å²) in [5.41, 5.74) is 1.74. The Labute approximate surface area is 152 Å². The Kier molecular flexibility index (Phi) is 4.73. The van der Waals surface area contributed by atoms with Gasteiger partial charge in [-0.2, -0.15) is 0 Å². The van der Waals surface area contributed by atoms with Gasteiger partial charge in [0, 0.05) is 6.20 Å². The number of thioether (sulfide) groups is 1. The molecular formula is C17H15BrFN3OS. The Hall–Kier alpha value is -1.73. The van der Waals surface area contributed by atoms with Gasteiger partial charge in [-0.05, 0) is 65.2 Å². The number of aromatic nitrogens is 1. The van der Waals surface area contributed by atoms with Gasteiger partial charge in [-0.3, -0.25) is 9.79 Å². The van der Waals surface area contributed by atoms with Crippen LogP contribution < -0.4 is 5.32 Å². The molecule has 2 aromatic rings. The average molecular weight is 408 g/mol. The number of nitrogens with one attached hydrogen (secondary N) is 1. The topological polar surface area (TPSA) is 54.4 Å². The zero-order chi connectivity index (χ0) is 17.3. The monoisotopic (exact) mass is 407 g/mol. The van der Waals surface area contributed by atoms with Gasteiger partial charge in [-0.1, -0.05) is 23.9 Å². The Morgan fingerprint density at radius 3 is 2.71 bits per heavy atom. The van der Waals surface area contributed by atoms with Crippen LogP contribution in [0.4, 0.5) is 4.39 Å². The number of benzene rings is 1. The van der Waals surface area contributed by atoms with Gasteiger partial charge >= 0.3 is 0 Å². The number of hydrogen-bond acceptors (Lipinski definition) is 4. The van der Waals surface area contributed by atoms with Crippen LogP contribution in [-0.4, -0.2) is 16.1 Å². The van der Waals surface area contributed by atoms with Crippen LogP contribution >= 0.6 is 27.7 Å². The lowest BCUT2D eigenvalue weighted by Crippen LogP contribution is -2.31. The largest absolute Gasteiger partial charge is 0.304 e. The van der Waals surface area contributed by atoms with Crippen molar-refractivity contribution in [2.75, 3.05) is 0 Å². The Balaban J connectivity index is 1.84. The van der Waals surface area contributed by atoms with Crippen molar-refractivity contribution in [3.8, 4) is 0 Å². The third-order valence-electron chi connectivity index (χ3n) is 3.90. The highest BCUT2D eigenvalue weighted by Gasteiger charge is 2.44. The normalized spacial score (nSPS) is 23.3. The molecule has 24 heavy (non-hydrogen) atoms. The van der Waals surface area contributed by atoms with E-state index in [0.717, 1.165) is 11.1 Å². The predicted octanol–water partition coefficient (Wildman–Crippen LogP) is 4.18. The van der Waals surface area contributed by atoms with Gasteiger partial charge in [0.05, 0.1) is 6.04 Å². The van der Waals surface area contributed by atoms with Gasteiger partial charge in [-0.15, -0.1) is 0 Å². The van der Waals surface area contributed by atoms with Gasteiger partial charge < -0.3 is 5.32 Å². The van der Waals surface area contributed by atoms with E-state index in [1.807, 2.05) is 26.0 Å². The summed E-state index contributed by atoms with van der Waals surface area (Å²) in [6.45, 7) is 3.77. The van der Waals surface area contributed by atoms with E-state index in [9.17, 15) is 9.18 Å². The first-order valence-corrected chi connectivity index (χ1v) is 8.95. The lowest BCUT2D eigenvalue weighted by atomic mass is 10.0. The number of halogens is 2. The van der Waals surface area contributed by atoms with E-state index < -0.39 is 4.75 Å². The van der Waals surface area contributed by atoms with Gasteiger partial charge in [-0.25, -0.2) is 9.37 Å². The summed E-state index contributed by atoms with van der Waals surface area (Å²) in [4.78, 5) is 21.1. The molecule has 0 spiro atoms. The molecular weight excluding hydrogens is 393 g/mol. The highest BCUT2D eigenvalue weighted by Crippen LogP contribution is 2.42. The Morgan fingerprint density at radius 1 is 1.33 bits per heavy atom. The molecule has 1 aromatic carbocycles. The number of pyridine rings is 1. The van der Waals surface area contributed by atoms with Crippen molar-refractivity contribution in [2.45, 2.75) is 24.6 Å². The molecule has 4 nitrogen and oxygen atoms in total. The van der Waals surface area contributed by atoms with Gasteiger partial charge in [0.1, 0.15) is 15.2 Å². The number of rotatable bonds is 3. The maximum Gasteiger partial charge on any atom is 0.246 e. The predicted molar refractivity (Wildman–Crippen MR) is 97.3 cm³/mol. The van der Waals surface area contributed by atoms with E-state index in [0.29, 0.717) is 9.77 Å². The summed E-state index contributed by atoms with van der Waals surface area (Å²) in [6.07, 6.45) is 1.66. The molecule has 1 amide bonds. The van der Waals surface area contributed by atoms with Crippen LogP contribution in [0, 0.1) is 5.82 Å². The molecule has 7 heteroatoms. The van der Waals surface area contributed by atoms with Gasteiger partial charge in [0.15, 0.2) is 5.17 Å². The van der Waals surface area contributed by atoms with Crippen molar-refractivity contribution in [1.29, 1.82) is 0 Å². The number of amides is 1. The average Bonchev–Trinajstić information content (AvgIpc) is 2.83. The molecule has 1 fully saturated rings. The zero-order valence-corrected chi connectivity index (χ0v) is 15.5. The quantitative estimate of drug-likeness (QED) is 0.776. The number of carbonyl (C=O) groups excluding carboxylic acids is 1. The van der Waals surface area contributed by atoms with E-state index in [2.05, 4.69) is 31.2 Å². The second kappa shape index (κ2) is 6.64. The summed E-state index contributed by atoms with van der Waals surface area (Å²) < 4.78 is 12.9. The SMILES string of the molecule is C[C@H](N=C1NC(=O)C(C)(c2ccnc(Br)c2)S1)c1ccc(F)cc1. The molecule has 3 rings (SSSR count). The van der Waals surface area contributed by atoms with E-state index in [4.69, 9.17) is 0 Å². The fourth-order valence-electron chi connectivity index (χ4n) is 2.42. The molecule has 1 unspecified atom stereocenters. The van der Waals surface area contributed by atoms with Gasteiger partial charge in [0.25, 0.3) is 0 Å². The molecule has 0 saturated carbocycles. The van der Waals surface area contributed by atoms with E-state index in [1.165, 1.54) is 23.9 Å². The van der Waals surface area contributed by atoms with Crippen molar-refractivity contribution in [3.05, 3.63) is 64.1 Å². The minimum Gasteiger partial charge on any atom is -0.304 e. The molecule has 1 N–H and O–H groups in total. The summed E-state index contributed by atoms with van der Waals surface area (Å²) in [6, 6.07) is 9.69. The van der Waals surface area contributed by atoms with Crippen molar-refractivity contribution < 1.29 is 9.18 Å². The number of carbonyl (C=O) groups is 1. The van der Waals surface area contributed by atoms with Crippen LogP contribution in [0.1, 0.15) is 31.0 Å². The highest BCUT2D eigenvalue weighted by molar-refractivity contribution is 9.10. The number of aliphatic imine (C=N–C) groups is 1. The number of hydrogen-bond donors (Lipinski definition) is 1.